The van der Waals surface area contributed by atoms with E-state index in [4.69, 9.17) is 0 Å². The van der Waals surface area contributed by atoms with Crippen molar-refractivity contribution in [1.82, 2.24) is 14.7 Å². The maximum Gasteiger partial charge on any atom is 0.220 e. The fraction of sp³-hybridized carbons (Fsp3) is 0.500. The molecule has 0 saturated heterocycles. The number of hydrogen-bond donors (Lipinski definition) is 1. The van der Waals surface area contributed by atoms with Crippen molar-refractivity contribution < 1.29 is 9.59 Å². The number of nitrogens with zero attached hydrogens (tertiary/aromatic N) is 2. The summed E-state index contributed by atoms with van der Waals surface area (Å²) in [7, 11) is 0. The highest BCUT2D eigenvalue weighted by atomic mass is 16.1. The Morgan fingerprint density at radius 2 is 1.87 bits per heavy atom. The van der Waals surface area contributed by atoms with Gasteiger partial charge in [-0.1, -0.05) is 18.9 Å². The highest BCUT2D eigenvalue weighted by molar-refractivity contribution is 5.76. The molecule has 1 amide bonds. The molecule has 23 heavy (non-hydrogen) atoms. The fourth-order valence-corrected chi connectivity index (χ4v) is 2.66. The van der Waals surface area contributed by atoms with Crippen LogP contribution in [0.25, 0.3) is 5.65 Å². The summed E-state index contributed by atoms with van der Waals surface area (Å²) in [4.78, 5) is 27.2. The zero-order chi connectivity index (χ0) is 16.7. The van der Waals surface area contributed by atoms with E-state index >= 15 is 0 Å². The Morgan fingerprint density at radius 3 is 2.61 bits per heavy atom. The van der Waals surface area contributed by atoms with Gasteiger partial charge in [-0.2, -0.15) is 0 Å². The van der Waals surface area contributed by atoms with Gasteiger partial charge in [-0.3, -0.25) is 4.79 Å². The van der Waals surface area contributed by atoms with Gasteiger partial charge in [-0.25, -0.2) is 4.98 Å². The first-order chi connectivity index (χ1) is 11.1. The molecule has 0 saturated carbocycles. The van der Waals surface area contributed by atoms with Gasteiger partial charge in [0.15, 0.2) is 0 Å². The molecule has 2 rings (SSSR count). The van der Waals surface area contributed by atoms with Crippen LogP contribution >= 0.6 is 0 Å². The normalized spacial score (nSPS) is 10.9. The predicted molar refractivity (Wildman–Crippen MR) is 90.2 cm³/mol. The zero-order valence-electron chi connectivity index (χ0n) is 14.0. The fourth-order valence-electron chi connectivity index (χ4n) is 2.66. The Morgan fingerprint density at radius 1 is 1.13 bits per heavy atom. The van der Waals surface area contributed by atoms with Crippen LogP contribution in [0.1, 0.15) is 56.8 Å². The number of Topliss-reactive ketones (excluding diaryl/α,β-unsaturated/α-hetero) is 1. The van der Waals surface area contributed by atoms with Gasteiger partial charge in [-0.15, -0.1) is 0 Å². The third-order valence-electron chi connectivity index (χ3n) is 3.96. The summed E-state index contributed by atoms with van der Waals surface area (Å²) < 4.78 is 2.01. The number of fused-ring (bicyclic) bond motifs is 1. The first-order valence-electron chi connectivity index (χ1n) is 8.26. The van der Waals surface area contributed by atoms with Crippen molar-refractivity contribution >= 4 is 17.3 Å². The number of amides is 1. The lowest BCUT2D eigenvalue weighted by atomic mass is 10.1. The summed E-state index contributed by atoms with van der Waals surface area (Å²) in [6, 6.07) is 5.87. The smallest absolute Gasteiger partial charge is 0.220 e. The number of aromatic nitrogens is 2. The first kappa shape index (κ1) is 17.2. The van der Waals surface area contributed by atoms with Gasteiger partial charge < -0.3 is 14.5 Å². The largest absolute Gasteiger partial charge is 0.350 e. The Bertz CT molecular complexity index is 676. The van der Waals surface area contributed by atoms with Crippen molar-refractivity contribution in [2.75, 3.05) is 0 Å². The summed E-state index contributed by atoms with van der Waals surface area (Å²) in [6.45, 7) is 4.08. The number of rotatable bonds is 9. The van der Waals surface area contributed by atoms with Crippen LogP contribution in [0, 0.1) is 6.92 Å². The minimum atomic E-state index is 0.0712. The summed E-state index contributed by atoms with van der Waals surface area (Å²) >= 11 is 0. The number of nitrogens with one attached hydrogen (secondary N) is 1. The van der Waals surface area contributed by atoms with Crippen molar-refractivity contribution in [1.29, 1.82) is 0 Å². The minimum Gasteiger partial charge on any atom is -0.350 e. The lowest BCUT2D eigenvalue weighted by Crippen LogP contribution is -2.23. The van der Waals surface area contributed by atoms with Crippen molar-refractivity contribution in [2.45, 2.75) is 58.9 Å². The standard InChI is InChI=1S/C18H25N3O2/c1-14(22)9-5-3-4-6-11-18(23)19-13-16-15(2)20-17-10-7-8-12-21(16)17/h7-8,10,12H,3-6,9,11,13H2,1-2H3,(H,19,23). The van der Waals surface area contributed by atoms with Crippen LogP contribution in [-0.2, 0) is 16.1 Å². The van der Waals surface area contributed by atoms with Crippen molar-refractivity contribution in [3.8, 4) is 0 Å². The Balaban J connectivity index is 1.72. The molecule has 0 atom stereocenters. The molecule has 0 radical (unpaired) electrons. The zero-order valence-corrected chi connectivity index (χ0v) is 14.0. The average molecular weight is 315 g/mol. The molecule has 2 aromatic rings. The second-order valence-electron chi connectivity index (χ2n) is 5.97. The molecule has 0 unspecified atom stereocenters. The van der Waals surface area contributed by atoms with Crippen molar-refractivity contribution in [3.63, 3.8) is 0 Å². The molecule has 2 aromatic heterocycles. The number of imidazole rings is 1. The molecule has 0 aromatic carbocycles. The number of unbranched alkanes of at least 4 members (excludes halogenated alkanes) is 3. The highest BCUT2D eigenvalue weighted by Gasteiger charge is 2.09. The molecular formula is C18H25N3O2. The Labute approximate surface area is 137 Å². The van der Waals surface area contributed by atoms with Crippen LogP contribution in [0.2, 0.25) is 0 Å². The van der Waals surface area contributed by atoms with Crippen LogP contribution in [0.3, 0.4) is 0 Å². The second-order valence-corrected chi connectivity index (χ2v) is 5.97. The molecule has 0 aliphatic carbocycles. The second kappa shape index (κ2) is 8.46. The number of carbonyl (C=O) groups excluding carboxylic acids is 2. The van der Waals surface area contributed by atoms with Gasteiger partial charge >= 0.3 is 0 Å². The molecule has 0 aliphatic rings. The van der Waals surface area contributed by atoms with E-state index in [-0.39, 0.29) is 11.7 Å². The Hall–Kier alpha value is -2.17. The number of aryl methyl sites for hydroxylation is 1. The molecule has 1 N–H and O–H groups in total. The number of ketones is 1. The summed E-state index contributed by atoms with van der Waals surface area (Å²) in [5.41, 5.74) is 2.87. The molecule has 5 nitrogen and oxygen atoms in total. The monoisotopic (exact) mass is 315 g/mol. The van der Waals surface area contributed by atoms with Crippen molar-refractivity contribution in [2.24, 2.45) is 0 Å². The third-order valence-corrected chi connectivity index (χ3v) is 3.96. The van der Waals surface area contributed by atoms with Crippen LogP contribution < -0.4 is 5.32 Å². The van der Waals surface area contributed by atoms with E-state index in [0.29, 0.717) is 19.4 Å². The van der Waals surface area contributed by atoms with E-state index in [9.17, 15) is 9.59 Å². The molecule has 0 spiro atoms. The quantitative estimate of drug-likeness (QED) is 0.723. The van der Waals surface area contributed by atoms with Crippen LogP contribution in [0.15, 0.2) is 24.4 Å². The molecule has 124 valence electrons. The van der Waals surface area contributed by atoms with E-state index in [2.05, 4.69) is 10.3 Å². The number of hydrogen-bond acceptors (Lipinski definition) is 3. The van der Waals surface area contributed by atoms with Crippen molar-refractivity contribution in [3.05, 3.63) is 35.8 Å². The number of pyridine rings is 1. The van der Waals surface area contributed by atoms with E-state index in [1.54, 1.807) is 6.92 Å². The van der Waals surface area contributed by atoms with Crippen LogP contribution in [0.5, 0.6) is 0 Å². The van der Waals surface area contributed by atoms with Gasteiger partial charge in [0, 0.05) is 19.0 Å². The summed E-state index contributed by atoms with van der Waals surface area (Å²) in [5.74, 6) is 0.313. The lowest BCUT2D eigenvalue weighted by Gasteiger charge is -2.06. The van der Waals surface area contributed by atoms with E-state index in [0.717, 1.165) is 42.7 Å². The lowest BCUT2D eigenvalue weighted by molar-refractivity contribution is -0.121. The topological polar surface area (TPSA) is 63.5 Å². The minimum absolute atomic E-state index is 0.0712. The summed E-state index contributed by atoms with van der Waals surface area (Å²) in [5, 5.41) is 2.97. The highest BCUT2D eigenvalue weighted by Crippen LogP contribution is 2.11. The third kappa shape index (κ3) is 5.20. The first-order valence-corrected chi connectivity index (χ1v) is 8.26. The average Bonchev–Trinajstić information content (AvgIpc) is 2.83. The summed E-state index contributed by atoms with van der Waals surface area (Å²) in [6.07, 6.45) is 6.96. The van der Waals surface area contributed by atoms with Gasteiger partial charge in [0.25, 0.3) is 0 Å². The van der Waals surface area contributed by atoms with Gasteiger partial charge in [-0.05, 0) is 38.8 Å². The molecule has 0 bridgehead atoms. The van der Waals surface area contributed by atoms with Gasteiger partial charge in [0.05, 0.1) is 17.9 Å². The SMILES string of the molecule is CC(=O)CCCCCCC(=O)NCc1c(C)nc2ccccn12. The molecular weight excluding hydrogens is 290 g/mol. The van der Waals surface area contributed by atoms with Gasteiger partial charge in [0.1, 0.15) is 11.4 Å². The maximum absolute atomic E-state index is 11.9. The van der Waals surface area contributed by atoms with E-state index in [1.807, 2.05) is 35.7 Å². The Kier molecular flexibility index (Phi) is 6.32. The molecule has 2 heterocycles. The van der Waals surface area contributed by atoms with E-state index in [1.165, 1.54) is 0 Å². The molecule has 0 aliphatic heterocycles. The van der Waals surface area contributed by atoms with Gasteiger partial charge in [0.2, 0.25) is 5.91 Å². The van der Waals surface area contributed by atoms with Crippen LogP contribution in [-0.4, -0.2) is 21.1 Å². The van der Waals surface area contributed by atoms with Crippen LogP contribution in [0.4, 0.5) is 0 Å². The van der Waals surface area contributed by atoms with E-state index < -0.39 is 0 Å². The predicted octanol–water partition coefficient (Wildman–Crippen LogP) is 3.19. The number of carbonyl (C=O) groups is 2. The molecule has 5 heteroatoms. The maximum atomic E-state index is 11.9. The molecule has 0 fully saturated rings.